The fraction of sp³-hybridized carbons (Fsp3) is 0.435. The monoisotopic (exact) mass is 472 g/mol. The molecule has 0 unspecified atom stereocenters. The Kier molecular flexibility index (Phi) is 5.12. The average molecular weight is 473 g/mol. The van der Waals surface area contributed by atoms with Gasteiger partial charge in [-0.3, -0.25) is 4.79 Å². The van der Waals surface area contributed by atoms with E-state index in [-0.39, 0.29) is 34.3 Å². The molecule has 3 amide bonds. The van der Waals surface area contributed by atoms with Crippen LogP contribution in [0.15, 0.2) is 18.3 Å². The minimum atomic E-state index is -0.713. The van der Waals surface area contributed by atoms with E-state index in [1.807, 2.05) is 4.90 Å². The number of hydrogen-bond acceptors (Lipinski definition) is 5. The third-order valence-electron chi connectivity index (χ3n) is 7.14. The Morgan fingerprint density at radius 1 is 1.33 bits per heavy atom. The molecule has 1 spiro atoms. The van der Waals surface area contributed by atoms with Crippen molar-refractivity contribution in [3.05, 3.63) is 40.3 Å². The fourth-order valence-corrected chi connectivity index (χ4v) is 5.90. The molecular formula is C23H26ClFN6O2. The number of halogens is 2. The Bertz CT molecular complexity index is 1170. The quantitative estimate of drug-likeness (QED) is 0.596. The second kappa shape index (κ2) is 7.76. The predicted molar refractivity (Wildman–Crippen MR) is 125 cm³/mol. The Balaban J connectivity index is 1.56. The van der Waals surface area contributed by atoms with Gasteiger partial charge in [-0.15, -0.1) is 0 Å². The molecule has 4 N–H and O–H groups in total. The molecule has 2 fully saturated rings. The molecule has 33 heavy (non-hydrogen) atoms. The van der Waals surface area contributed by atoms with E-state index in [0.29, 0.717) is 36.0 Å². The molecular weight excluding hydrogens is 447 g/mol. The van der Waals surface area contributed by atoms with Gasteiger partial charge in [-0.1, -0.05) is 11.6 Å². The lowest BCUT2D eigenvalue weighted by molar-refractivity contribution is 0.0824. The molecule has 0 bridgehead atoms. The molecule has 2 aromatic rings. The summed E-state index contributed by atoms with van der Waals surface area (Å²) in [5.74, 6) is -0.538. The lowest BCUT2D eigenvalue weighted by Gasteiger charge is -2.28. The molecule has 2 aliphatic heterocycles. The maximum Gasteiger partial charge on any atom is 0.317 e. The lowest BCUT2D eigenvalue weighted by Crippen LogP contribution is -2.38. The first-order chi connectivity index (χ1) is 15.7. The van der Waals surface area contributed by atoms with Gasteiger partial charge in [0, 0.05) is 73.8 Å². The summed E-state index contributed by atoms with van der Waals surface area (Å²) in [7, 11) is 3.09. The number of nitrogens with two attached hydrogens (primary N) is 1. The number of nitrogens with one attached hydrogen (secondary N) is 2. The minimum Gasteiger partial charge on any atom is -0.398 e. The number of urea groups is 1. The molecule has 174 valence electrons. The van der Waals surface area contributed by atoms with E-state index in [2.05, 4.69) is 15.6 Å². The molecule has 3 heterocycles. The highest BCUT2D eigenvalue weighted by atomic mass is 35.5. The molecule has 5 rings (SSSR count). The van der Waals surface area contributed by atoms with Crippen molar-refractivity contribution >= 4 is 35.0 Å². The van der Waals surface area contributed by atoms with Gasteiger partial charge in [0.1, 0.15) is 11.6 Å². The summed E-state index contributed by atoms with van der Waals surface area (Å²) in [5.41, 5.74) is 7.01. The van der Waals surface area contributed by atoms with Gasteiger partial charge in [0.2, 0.25) is 0 Å². The summed E-state index contributed by atoms with van der Waals surface area (Å²) >= 11 is 6.93. The molecule has 1 aromatic heterocycles. The van der Waals surface area contributed by atoms with Gasteiger partial charge < -0.3 is 26.2 Å². The zero-order valence-corrected chi connectivity index (χ0v) is 19.3. The maximum atomic E-state index is 15.6. The van der Waals surface area contributed by atoms with Crippen molar-refractivity contribution in [2.75, 3.05) is 44.8 Å². The molecule has 1 aromatic carbocycles. The predicted octanol–water partition coefficient (Wildman–Crippen LogP) is 3.07. The third kappa shape index (κ3) is 3.28. The average Bonchev–Trinajstić information content (AvgIpc) is 3.48. The van der Waals surface area contributed by atoms with Gasteiger partial charge in [0.05, 0.1) is 10.6 Å². The summed E-state index contributed by atoms with van der Waals surface area (Å²) < 4.78 is 15.6. The zero-order chi connectivity index (χ0) is 23.5. The van der Waals surface area contributed by atoms with Crippen LogP contribution in [0, 0.1) is 5.82 Å². The van der Waals surface area contributed by atoms with Crippen LogP contribution in [0.25, 0.3) is 11.1 Å². The highest BCUT2D eigenvalue weighted by molar-refractivity contribution is 6.34. The number of carbonyl (C=O) groups is 2. The molecule has 3 aliphatic rings. The number of aromatic nitrogens is 1. The number of nitrogen functional groups attached to an aromatic ring is 1. The Labute approximate surface area is 196 Å². The number of rotatable bonds is 3. The summed E-state index contributed by atoms with van der Waals surface area (Å²) in [5, 5.41) is 6.64. The van der Waals surface area contributed by atoms with Crippen molar-refractivity contribution in [3.8, 4) is 11.1 Å². The molecule has 1 aliphatic carbocycles. The smallest absolute Gasteiger partial charge is 0.317 e. The molecule has 0 radical (unpaired) electrons. The normalized spacial score (nSPS) is 23.6. The number of pyridine rings is 1. The van der Waals surface area contributed by atoms with Crippen molar-refractivity contribution in [1.82, 2.24) is 20.1 Å². The lowest BCUT2D eigenvalue weighted by atomic mass is 9.80. The molecule has 1 saturated heterocycles. The highest BCUT2D eigenvalue weighted by Crippen LogP contribution is 2.53. The van der Waals surface area contributed by atoms with Crippen LogP contribution in [0.4, 0.5) is 20.7 Å². The van der Waals surface area contributed by atoms with E-state index in [1.165, 1.54) is 23.2 Å². The summed E-state index contributed by atoms with van der Waals surface area (Å²) in [4.78, 5) is 32.5. The van der Waals surface area contributed by atoms with Crippen molar-refractivity contribution in [1.29, 1.82) is 0 Å². The second-order valence-electron chi connectivity index (χ2n) is 9.26. The van der Waals surface area contributed by atoms with Crippen molar-refractivity contribution in [2.24, 2.45) is 0 Å². The summed E-state index contributed by atoms with van der Waals surface area (Å²) in [6, 6.07) is 3.15. The summed E-state index contributed by atoms with van der Waals surface area (Å²) in [6.45, 7) is 2.03. The zero-order valence-electron chi connectivity index (χ0n) is 18.5. The first-order valence-corrected chi connectivity index (χ1v) is 11.4. The van der Waals surface area contributed by atoms with E-state index in [9.17, 15) is 9.59 Å². The van der Waals surface area contributed by atoms with Gasteiger partial charge in [-0.05, 0) is 31.4 Å². The van der Waals surface area contributed by atoms with E-state index in [1.54, 1.807) is 14.1 Å². The first kappa shape index (κ1) is 21.8. The van der Waals surface area contributed by atoms with Crippen LogP contribution in [-0.4, -0.2) is 66.5 Å². The van der Waals surface area contributed by atoms with Gasteiger partial charge in [0.25, 0.3) is 5.91 Å². The number of carbonyl (C=O) groups excluding carboxylic acids is 2. The number of amides is 3. The van der Waals surface area contributed by atoms with E-state index in [0.717, 1.165) is 24.8 Å². The highest BCUT2D eigenvalue weighted by Gasteiger charge is 2.49. The number of benzene rings is 1. The maximum absolute atomic E-state index is 15.6. The van der Waals surface area contributed by atoms with Gasteiger partial charge >= 0.3 is 6.03 Å². The first-order valence-electron chi connectivity index (χ1n) is 11.0. The van der Waals surface area contributed by atoms with E-state index >= 15 is 4.39 Å². The SMILES string of the molecule is CN(C)C(=O)c1c(N)ccc(-c2cnc3c(c2Cl)[C@@]2(CC[C@@H](N4CCNC4=O)C2)CN3)c1F. The number of anilines is 2. The standard InChI is InChI=1S/C23H26ClFN6O2/c1-30(2)21(32)16-15(26)4-3-13(19(16)25)14-10-28-20-17(18(14)24)23(11-29-20)6-5-12(9-23)31-8-7-27-22(31)33/h3-4,10,12H,5-9,11,26H2,1-2H3,(H,27,33)(H,28,29)/t12-,23-/m1/s1. The van der Waals surface area contributed by atoms with Crippen molar-refractivity contribution in [2.45, 2.75) is 30.7 Å². The van der Waals surface area contributed by atoms with Crippen LogP contribution < -0.4 is 16.4 Å². The Hall–Kier alpha value is -3.07. The number of fused-ring (bicyclic) bond motifs is 2. The van der Waals surface area contributed by atoms with Crippen LogP contribution in [0.2, 0.25) is 5.02 Å². The molecule has 1 saturated carbocycles. The fourth-order valence-electron chi connectivity index (χ4n) is 5.46. The van der Waals surface area contributed by atoms with Crippen LogP contribution >= 0.6 is 11.6 Å². The van der Waals surface area contributed by atoms with Gasteiger partial charge in [-0.25, -0.2) is 14.2 Å². The van der Waals surface area contributed by atoms with Gasteiger partial charge in [-0.2, -0.15) is 0 Å². The van der Waals surface area contributed by atoms with Crippen LogP contribution in [0.1, 0.15) is 35.2 Å². The number of hydrogen-bond donors (Lipinski definition) is 3. The Morgan fingerprint density at radius 2 is 2.12 bits per heavy atom. The molecule has 10 heteroatoms. The van der Waals surface area contributed by atoms with Crippen LogP contribution in [0.3, 0.4) is 0 Å². The van der Waals surface area contributed by atoms with Gasteiger partial charge in [0.15, 0.2) is 0 Å². The van der Waals surface area contributed by atoms with E-state index < -0.39 is 11.7 Å². The summed E-state index contributed by atoms with van der Waals surface area (Å²) in [6.07, 6.45) is 4.01. The second-order valence-corrected chi connectivity index (χ2v) is 9.63. The van der Waals surface area contributed by atoms with Crippen LogP contribution in [0.5, 0.6) is 0 Å². The third-order valence-corrected chi connectivity index (χ3v) is 7.53. The van der Waals surface area contributed by atoms with Crippen molar-refractivity contribution in [3.63, 3.8) is 0 Å². The number of nitrogens with zero attached hydrogens (tertiary/aromatic N) is 3. The van der Waals surface area contributed by atoms with Crippen molar-refractivity contribution < 1.29 is 14.0 Å². The minimum absolute atomic E-state index is 0.0248. The molecule has 8 nitrogen and oxygen atoms in total. The van der Waals surface area contributed by atoms with E-state index in [4.69, 9.17) is 17.3 Å². The molecule has 2 atom stereocenters. The van der Waals surface area contributed by atoms with Crippen LogP contribution in [-0.2, 0) is 5.41 Å². The Morgan fingerprint density at radius 3 is 2.82 bits per heavy atom. The largest absolute Gasteiger partial charge is 0.398 e. The topological polar surface area (TPSA) is 104 Å².